The van der Waals surface area contributed by atoms with Gasteiger partial charge in [0, 0.05) is 29.5 Å². The first kappa shape index (κ1) is 17.1. The van der Waals surface area contributed by atoms with Crippen LogP contribution in [0.25, 0.3) is 21.8 Å². The molecular formula is C26H21N3O. The van der Waals surface area contributed by atoms with Gasteiger partial charge in [0.2, 0.25) is 5.88 Å². The number of aryl methyl sites for hydroxylation is 2. The van der Waals surface area contributed by atoms with Gasteiger partial charge in [0.25, 0.3) is 0 Å². The van der Waals surface area contributed by atoms with Gasteiger partial charge in [0.15, 0.2) is 0 Å². The number of hydrogen-bond acceptors (Lipinski definition) is 2. The summed E-state index contributed by atoms with van der Waals surface area (Å²) in [6, 6.07) is 22.9. The first-order valence-electron chi connectivity index (χ1n) is 10.2. The molecule has 6 rings (SSSR count). The molecule has 1 aliphatic rings. The molecule has 4 nitrogen and oxygen atoms in total. The van der Waals surface area contributed by atoms with Crippen LogP contribution in [-0.2, 0) is 7.05 Å². The molecule has 0 fully saturated rings. The van der Waals surface area contributed by atoms with E-state index in [-0.39, 0.29) is 11.8 Å². The van der Waals surface area contributed by atoms with Gasteiger partial charge in [-0.05, 0) is 41.8 Å². The number of aromatic hydroxyl groups is 1. The maximum Gasteiger partial charge on any atom is 0.201 e. The zero-order chi connectivity index (χ0) is 20.4. The number of benzene rings is 3. The maximum atomic E-state index is 11.2. The van der Waals surface area contributed by atoms with Crippen molar-refractivity contribution in [3.05, 3.63) is 95.2 Å². The topological polar surface area (TPSA) is 53.3 Å². The number of aromatic nitrogens is 2. The molecule has 4 heteroatoms. The smallest absolute Gasteiger partial charge is 0.201 e. The van der Waals surface area contributed by atoms with E-state index in [9.17, 15) is 5.11 Å². The number of nitrogens with one attached hydrogen (secondary N) is 1. The summed E-state index contributed by atoms with van der Waals surface area (Å²) >= 11 is 0. The van der Waals surface area contributed by atoms with E-state index in [0.717, 1.165) is 33.4 Å². The fourth-order valence-electron chi connectivity index (χ4n) is 4.81. The van der Waals surface area contributed by atoms with Crippen LogP contribution in [-0.4, -0.2) is 20.4 Å². The van der Waals surface area contributed by atoms with Crippen molar-refractivity contribution >= 4 is 33.2 Å². The summed E-state index contributed by atoms with van der Waals surface area (Å²) in [7, 11) is 1.91. The molecule has 3 aromatic carbocycles. The monoisotopic (exact) mass is 391 g/mol. The number of H-pyrrole nitrogens is 1. The Morgan fingerprint density at radius 3 is 2.63 bits per heavy atom. The molecule has 1 atom stereocenters. The lowest BCUT2D eigenvalue weighted by molar-refractivity contribution is 0.434. The van der Waals surface area contributed by atoms with Crippen LogP contribution in [0.4, 0.5) is 5.69 Å². The van der Waals surface area contributed by atoms with Crippen molar-refractivity contribution in [1.82, 2.24) is 9.55 Å². The molecule has 1 unspecified atom stereocenters. The molecule has 2 N–H and O–H groups in total. The standard InChI is InChI=1S/C26H21N3O/c1-15-11-12-18-22(13-15)29(2)26(30)24(18)25-23(17-8-4-6-10-21(17)28-25)19-14-27-20-9-5-3-7-16(19)20/h3-14,23,27,30H,1-2H3. The van der Waals surface area contributed by atoms with Crippen molar-refractivity contribution in [2.24, 2.45) is 12.0 Å². The normalized spacial score (nSPS) is 15.7. The molecular weight excluding hydrogens is 370 g/mol. The molecule has 0 saturated carbocycles. The second-order valence-corrected chi connectivity index (χ2v) is 8.06. The number of aliphatic imine (C=N–C) groups is 1. The minimum atomic E-state index is -0.0462. The molecule has 3 heterocycles. The van der Waals surface area contributed by atoms with Gasteiger partial charge >= 0.3 is 0 Å². The number of rotatable bonds is 2. The van der Waals surface area contributed by atoms with E-state index in [4.69, 9.17) is 4.99 Å². The van der Waals surface area contributed by atoms with Gasteiger partial charge in [-0.15, -0.1) is 0 Å². The first-order valence-corrected chi connectivity index (χ1v) is 10.2. The Hall–Kier alpha value is -3.79. The van der Waals surface area contributed by atoms with Crippen LogP contribution in [0.3, 0.4) is 0 Å². The Labute approximate surface area is 174 Å². The predicted octanol–water partition coefficient (Wildman–Crippen LogP) is 5.94. The van der Waals surface area contributed by atoms with Gasteiger partial charge in [-0.25, -0.2) is 0 Å². The fraction of sp³-hybridized carbons (Fsp3) is 0.115. The van der Waals surface area contributed by atoms with Gasteiger partial charge < -0.3 is 14.7 Å². The molecule has 1 aliphatic heterocycles. The highest BCUT2D eigenvalue weighted by molar-refractivity contribution is 6.20. The summed E-state index contributed by atoms with van der Waals surface area (Å²) in [6.45, 7) is 2.07. The minimum absolute atomic E-state index is 0.0462. The first-order chi connectivity index (χ1) is 14.6. The van der Waals surface area contributed by atoms with Gasteiger partial charge in [0.05, 0.1) is 28.4 Å². The molecule has 0 amide bonds. The second-order valence-electron chi connectivity index (χ2n) is 8.06. The molecule has 0 saturated heterocycles. The number of hydrogen-bond donors (Lipinski definition) is 2. The third-order valence-electron chi connectivity index (χ3n) is 6.28. The van der Waals surface area contributed by atoms with Crippen LogP contribution < -0.4 is 0 Å². The zero-order valence-electron chi connectivity index (χ0n) is 16.8. The highest BCUT2D eigenvalue weighted by Crippen LogP contribution is 2.46. The quantitative estimate of drug-likeness (QED) is 0.384. The zero-order valence-corrected chi connectivity index (χ0v) is 16.8. The van der Waals surface area contributed by atoms with Crippen molar-refractivity contribution < 1.29 is 5.11 Å². The van der Waals surface area contributed by atoms with Crippen LogP contribution in [0.2, 0.25) is 0 Å². The molecule has 30 heavy (non-hydrogen) atoms. The van der Waals surface area contributed by atoms with E-state index in [1.165, 1.54) is 22.1 Å². The lowest BCUT2D eigenvalue weighted by atomic mass is 9.85. The van der Waals surface area contributed by atoms with Crippen molar-refractivity contribution in [2.75, 3.05) is 0 Å². The average molecular weight is 391 g/mol. The highest BCUT2D eigenvalue weighted by Gasteiger charge is 2.34. The van der Waals surface area contributed by atoms with E-state index < -0.39 is 0 Å². The Kier molecular flexibility index (Phi) is 3.48. The molecule has 0 radical (unpaired) electrons. The maximum absolute atomic E-state index is 11.2. The van der Waals surface area contributed by atoms with Gasteiger partial charge in [0.1, 0.15) is 0 Å². The van der Waals surface area contributed by atoms with Crippen LogP contribution in [0.5, 0.6) is 5.88 Å². The van der Waals surface area contributed by atoms with Crippen LogP contribution >= 0.6 is 0 Å². The highest BCUT2D eigenvalue weighted by atomic mass is 16.3. The van der Waals surface area contributed by atoms with Crippen molar-refractivity contribution in [3.63, 3.8) is 0 Å². The molecule has 146 valence electrons. The number of fused-ring (bicyclic) bond motifs is 3. The van der Waals surface area contributed by atoms with Crippen LogP contribution in [0.15, 0.2) is 77.9 Å². The summed E-state index contributed by atoms with van der Waals surface area (Å²) in [6.07, 6.45) is 2.08. The second kappa shape index (κ2) is 6.10. The van der Waals surface area contributed by atoms with Gasteiger partial charge in [-0.3, -0.25) is 4.99 Å². The summed E-state index contributed by atoms with van der Waals surface area (Å²) in [4.78, 5) is 8.45. The Balaban J connectivity index is 1.66. The molecule has 0 spiro atoms. The predicted molar refractivity (Wildman–Crippen MR) is 122 cm³/mol. The minimum Gasteiger partial charge on any atom is -0.494 e. The van der Waals surface area contributed by atoms with Crippen LogP contribution in [0.1, 0.15) is 28.2 Å². The van der Waals surface area contributed by atoms with Gasteiger partial charge in [-0.1, -0.05) is 48.5 Å². The van der Waals surface area contributed by atoms with Crippen molar-refractivity contribution in [2.45, 2.75) is 12.8 Å². The van der Waals surface area contributed by atoms with Gasteiger partial charge in [-0.2, -0.15) is 0 Å². The molecule has 2 aromatic heterocycles. The van der Waals surface area contributed by atoms with Crippen molar-refractivity contribution in [3.8, 4) is 5.88 Å². The third-order valence-corrected chi connectivity index (χ3v) is 6.28. The lowest BCUT2D eigenvalue weighted by Gasteiger charge is -2.15. The third kappa shape index (κ3) is 2.25. The average Bonchev–Trinajstić information content (AvgIpc) is 3.41. The summed E-state index contributed by atoms with van der Waals surface area (Å²) in [5.41, 5.74) is 8.31. The van der Waals surface area contributed by atoms with E-state index in [1.807, 2.05) is 23.7 Å². The molecule has 0 aliphatic carbocycles. The molecule has 0 bridgehead atoms. The Morgan fingerprint density at radius 2 is 1.73 bits per heavy atom. The van der Waals surface area contributed by atoms with Crippen LogP contribution in [0, 0.1) is 6.92 Å². The summed E-state index contributed by atoms with van der Waals surface area (Å²) in [5.74, 6) is 0.210. The number of aromatic amines is 1. The Bertz CT molecular complexity index is 1490. The summed E-state index contributed by atoms with van der Waals surface area (Å²) in [5, 5.41) is 13.4. The SMILES string of the molecule is Cc1ccc2c(C3=Nc4ccccc4C3c3c[nH]c4ccccc34)c(O)n(C)c2c1. The Morgan fingerprint density at radius 1 is 0.933 bits per heavy atom. The number of nitrogens with zero attached hydrogens (tertiary/aromatic N) is 2. The number of para-hydroxylation sites is 2. The van der Waals surface area contributed by atoms with E-state index in [0.29, 0.717) is 0 Å². The van der Waals surface area contributed by atoms with E-state index in [1.54, 1.807) is 0 Å². The van der Waals surface area contributed by atoms with Crippen molar-refractivity contribution in [1.29, 1.82) is 0 Å². The largest absolute Gasteiger partial charge is 0.494 e. The lowest BCUT2D eigenvalue weighted by Crippen LogP contribution is -2.11. The van der Waals surface area contributed by atoms with E-state index in [2.05, 4.69) is 72.7 Å². The molecule has 5 aromatic rings. The van der Waals surface area contributed by atoms with E-state index >= 15 is 0 Å². The fourth-order valence-corrected chi connectivity index (χ4v) is 4.81. The summed E-state index contributed by atoms with van der Waals surface area (Å²) < 4.78 is 1.86.